The number of halogens is 1. The Morgan fingerprint density at radius 2 is 1.95 bits per heavy atom. The zero-order chi connectivity index (χ0) is 15.5. The summed E-state index contributed by atoms with van der Waals surface area (Å²) in [6, 6.07) is 6.81. The second kappa shape index (κ2) is 6.76. The molecule has 2 rings (SSSR count). The molecule has 0 radical (unpaired) electrons. The minimum absolute atomic E-state index is 0.266. The fraction of sp³-hybridized carbons (Fsp3) is 0.308. The van der Waals surface area contributed by atoms with E-state index in [1.807, 2.05) is 6.07 Å². The van der Waals surface area contributed by atoms with E-state index in [1.165, 1.54) is 17.5 Å². The van der Waals surface area contributed by atoms with Crippen LogP contribution in [0.4, 0.5) is 11.5 Å². The molecule has 2 heterocycles. The second-order valence-electron chi connectivity index (χ2n) is 4.24. The molecule has 0 aliphatic carbocycles. The lowest BCUT2D eigenvalue weighted by atomic mass is 10.4. The van der Waals surface area contributed by atoms with Crippen LogP contribution < -0.4 is 9.62 Å². The van der Waals surface area contributed by atoms with Gasteiger partial charge in [0.05, 0.1) is 15.7 Å². The standard InChI is InChI=1S/C13H16BrN3O2S2/c1-3-17(4-2)12-7-5-10(9-15-12)16-21(18,19)13-8-6-11(14)20-13/h5-9,16H,3-4H2,1-2H3. The maximum Gasteiger partial charge on any atom is 0.271 e. The van der Waals surface area contributed by atoms with Gasteiger partial charge in [0.25, 0.3) is 10.0 Å². The van der Waals surface area contributed by atoms with Gasteiger partial charge < -0.3 is 4.90 Å². The summed E-state index contributed by atoms with van der Waals surface area (Å²) in [5.41, 5.74) is 0.454. The molecule has 0 aliphatic heterocycles. The van der Waals surface area contributed by atoms with Crippen molar-refractivity contribution in [1.29, 1.82) is 0 Å². The molecule has 0 aromatic carbocycles. The predicted molar refractivity (Wildman–Crippen MR) is 90.6 cm³/mol. The molecule has 0 spiro atoms. The topological polar surface area (TPSA) is 62.3 Å². The summed E-state index contributed by atoms with van der Waals surface area (Å²) in [5.74, 6) is 0.835. The minimum Gasteiger partial charge on any atom is -0.357 e. The highest BCUT2D eigenvalue weighted by atomic mass is 79.9. The van der Waals surface area contributed by atoms with Crippen LogP contribution in [0.25, 0.3) is 0 Å². The average Bonchev–Trinajstić information content (AvgIpc) is 2.89. The van der Waals surface area contributed by atoms with Crippen molar-refractivity contribution in [2.45, 2.75) is 18.1 Å². The molecular weight excluding hydrogens is 374 g/mol. The van der Waals surface area contributed by atoms with Gasteiger partial charge in [-0.3, -0.25) is 4.72 Å². The highest BCUT2D eigenvalue weighted by Gasteiger charge is 2.16. The first kappa shape index (κ1) is 16.3. The van der Waals surface area contributed by atoms with E-state index < -0.39 is 10.0 Å². The van der Waals surface area contributed by atoms with Crippen molar-refractivity contribution in [2.75, 3.05) is 22.7 Å². The van der Waals surface area contributed by atoms with Gasteiger partial charge in [-0.05, 0) is 54.0 Å². The molecule has 2 aromatic rings. The van der Waals surface area contributed by atoms with E-state index in [0.717, 1.165) is 22.7 Å². The molecule has 0 fully saturated rings. The number of hydrogen-bond donors (Lipinski definition) is 1. The highest BCUT2D eigenvalue weighted by molar-refractivity contribution is 9.11. The van der Waals surface area contributed by atoms with E-state index in [9.17, 15) is 8.42 Å². The van der Waals surface area contributed by atoms with Crippen LogP contribution in [0.3, 0.4) is 0 Å². The summed E-state index contributed by atoms with van der Waals surface area (Å²) >= 11 is 4.43. The molecule has 1 N–H and O–H groups in total. The van der Waals surface area contributed by atoms with E-state index >= 15 is 0 Å². The fourth-order valence-electron chi connectivity index (χ4n) is 1.83. The molecule has 21 heavy (non-hydrogen) atoms. The second-order valence-corrected chi connectivity index (χ2v) is 8.61. The Morgan fingerprint density at radius 3 is 2.43 bits per heavy atom. The molecule has 0 bridgehead atoms. The van der Waals surface area contributed by atoms with Gasteiger partial charge in [-0.15, -0.1) is 11.3 Å². The fourth-order valence-corrected chi connectivity index (χ4v) is 4.88. The normalized spacial score (nSPS) is 11.4. The molecule has 0 saturated carbocycles. The van der Waals surface area contributed by atoms with Gasteiger partial charge in [-0.2, -0.15) is 0 Å². The molecule has 8 heteroatoms. The zero-order valence-corrected chi connectivity index (χ0v) is 14.9. The van der Waals surface area contributed by atoms with Crippen molar-refractivity contribution in [2.24, 2.45) is 0 Å². The summed E-state index contributed by atoms with van der Waals surface area (Å²) in [5, 5.41) is 0. The number of nitrogens with zero attached hydrogens (tertiary/aromatic N) is 2. The number of thiophene rings is 1. The Balaban J connectivity index is 2.17. The monoisotopic (exact) mass is 389 g/mol. The van der Waals surface area contributed by atoms with Crippen LogP contribution in [0.1, 0.15) is 13.8 Å². The third-order valence-corrected chi connectivity index (χ3v) is 6.40. The van der Waals surface area contributed by atoms with Crippen LogP contribution >= 0.6 is 27.3 Å². The quantitative estimate of drug-likeness (QED) is 0.820. The molecule has 0 aliphatic rings. The van der Waals surface area contributed by atoms with Crippen LogP contribution in [0.15, 0.2) is 38.5 Å². The highest BCUT2D eigenvalue weighted by Crippen LogP contribution is 2.27. The Hall–Kier alpha value is -1.12. The molecule has 0 atom stereocenters. The number of nitrogens with one attached hydrogen (secondary N) is 1. The number of sulfonamides is 1. The first-order valence-corrected chi connectivity index (χ1v) is 9.54. The number of pyridine rings is 1. The maximum atomic E-state index is 12.2. The lowest BCUT2D eigenvalue weighted by Gasteiger charge is -2.19. The summed E-state index contributed by atoms with van der Waals surface area (Å²) < 4.78 is 27.9. The molecule has 5 nitrogen and oxygen atoms in total. The smallest absolute Gasteiger partial charge is 0.271 e. The SMILES string of the molecule is CCN(CC)c1ccc(NS(=O)(=O)c2ccc(Br)s2)cn1. The lowest BCUT2D eigenvalue weighted by molar-refractivity contribution is 0.603. The van der Waals surface area contributed by atoms with Crippen molar-refractivity contribution < 1.29 is 8.42 Å². The summed E-state index contributed by atoms with van der Waals surface area (Å²) in [4.78, 5) is 6.39. The molecular formula is C13H16BrN3O2S2. The van der Waals surface area contributed by atoms with E-state index in [2.05, 4.69) is 44.4 Å². The summed E-state index contributed by atoms with van der Waals surface area (Å²) in [6.07, 6.45) is 1.54. The van der Waals surface area contributed by atoms with Crippen molar-refractivity contribution in [3.8, 4) is 0 Å². The first-order chi connectivity index (χ1) is 9.96. The maximum absolute atomic E-state index is 12.2. The van der Waals surface area contributed by atoms with Gasteiger partial charge in [0.15, 0.2) is 0 Å². The Bertz CT molecular complexity index is 694. The molecule has 114 valence electrons. The van der Waals surface area contributed by atoms with Crippen molar-refractivity contribution in [3.05, 3.63) is 34.2 Å². The third-order valence-electron chi connectivity index (χ3n) is 2.90. The van der Waals surface area contributed by atoms with Crippen molar-refractivity contribution in [3.63, 3.8) is 0 Å². The van der Waals surface area contributed by atoms with Crippen LogP contribution in [0.5, 0.6) is 0 Å². The van der Waals surface area contributed by atoms with E-state index in [1.54, 1.807) is 18.2 Å². The van der Waals surface area contributed by atoms with Gasteiger partial charge in [-0.25, -0.2) is 13.4 Å². The van der Waals surface area contributed by atoms with Gasteiger partial charge in [0, 0.05) is 13.1 Å². The molecule has 0 saturated heterocycles. The molecule has 2 aromatic heterocycles. The van der Waals surface area contributed by atoms with E-state index in [-0.39, 0.29) is 4.21 Å². The number of anilines is 2. The molecule has 0 amide bonds. The number of rotatable bonds is 6. The largest absolute Gasteiger partial charge is 0.357 e. The van der Waals surface area contributed by atoms with Crippen LogP contribution in [0, 0.1) is 0 Å². The van der Waals surface area contributed by atoms with Gasteiger partial charge in [0.1, 0.15) is 10.0 Å². The van der Waals surface area contributed by atoms with Crippen LogP contribution in [-0.2, 0) is 10.0 Å². The van der Waals surface area contributed by atoms with E-state index in [0.29, 0.717) is 5.69 Å². The van der Waals surface area contributed by atoms with Gasteiger partial charge in [0.2, 0.25) is 0 Å². The Labute approximate surface area is 137 Å². The minimum atomic E-state index is -3.55. The van der Waals surface area contributed by atoms with Crippen LogP contribution in [0.2, 0.25) is 0 Å². The van der Waals surface area contributed by atoms with Crippen molar-refractivity contribution in [1.82, 2.24) is 4.98 Å². The predicted octanol–water partition coefficient (Wildman–Crippen LogP) is 3.55. The van der Waals surface area contributed by atoms with Crippen molar-refractivity contribution >= 4 is 48.8 Å². The average molecular weight is 390 g/mol. The first-order valence-electron chi connectivity index (χ1n) is 6.45. The number of aromatic nitrogens is 1. The van der Waals surface area contributed by atoms with E-state index in [4.69, 9.17) is 0 Å². The third kappa shape index (κ3) is 3.96. The lowest BCUT2D eigenvalue weighted by Crippen LogP contribution is -2.22. The molecule has 0 unspecified atom stereocenters. The Morgan fingerprint density at radius 1 is 1.24 bits per heavy atom. The van der Waals surface area contributed by atoms with Crippen LogP contribution in [-0.4, -0.2) is 26.5 Å². The summed E-state index contributed by atoms with van der Waals surface area (Å²) in [7, 11) is -3.55. The Kier molecular flexibility index (Phi) is 5.23. The zero-order valence-electron chi connectivity index (χ0n) is 11.7. The summed E-state index contributed by atoms with van der Waals surface area (Å²) in [6.45, 7) is 5.82. The van der Waals surface area contributed by atoms with Gasteiger partial charge in [-0.1, -0.05) is 0 Å². The van der Waals surface area contributed by atoms with Gasteiger partial charge >= 0.3 is 0 Å². The number of hydrogen-bond acceptors (Lipinski definition) is 5.